The molecule has 0 heterocycles. The Morgan fingerprint density at radius 2 is 1.55 bits per heavy atom. The summed E-state index contributed by atoms with van der Waals surface area (Å²) < 4.78 is 0. The maximum atomic E-state index is 10.3. The van der Waals surface area contributed by atoms with E-state index in [0.29, 0.717) is 5.57 Å². The third-order valence-electron chi connectivity index (χ3n) is 3.35. The number of carboxylic acids is 1. The van der Waals surface area contributed by atoms with E-state index in [2.05, 4.69) is 6.92 Å². The summed E-state index contributed by atoms with van der Waals surface area (Å²) >= 11 is 5.56. The Kier molecular flexibility index (Phi) is 20.0. The minimum Gasteiger partial charge on any atom is -0.478 e. The van der Waals surface area contributed by atoms with E-state index in [0.717, 1.165) is 18.8 Å². The number of carbonyl (C=O) groups is 1. The van der Waals surface area contributed by atoms with Gasteiger partial charge in [-0.3, -0.25) is 0 Å². The molecule has 0 fully saturated rings. The molecule has 1 N–H and O–H groups in total. The molecule has 0 aliphatic rings. The molecule has 0 spiro atoms. The van der Waals surface area contributed by atoms with Gasteiger partial charge in [-0.05, 0) is 33.9 Å². The summed E-state index contributed by atoms with van der Waals surface area (Å²) in [5, 5.41) is 8.47. The van der Waals surface area contributed by atoms with Crippen LogP contribution in [0.25, 0.3) is 0 Å². The zero-order valence-electron chi connectivity index (χ0n) is 15.0. The molecule has 0 saturated heterocycles. The normalized spacial score (nSPS) is 11.3. The Hall–Kier alpha value is -0.540. The van der Waals surface area contributed by atoms with Crippen molar-refractivity contribution in [3.63, 3.8) is 0 Å². The van der Waals surface area contributed by atoms with Gasteiger partial charge in [0.25, 0.3) is 0 Å². The number of hydrogen-bond donors (Lipinski definition) is 1. The van der Waals surface area contributed by atoms with Crippen LogP contribution in [-0.4, -0.2) is 42.5 Å². The molecule has 0 aliphatic carbocycles. The van der Waals surface area contributed by atoms with E-state index in [4.69, 9.17) is 16.7 Å². The predicted octanol–water partition coefficient (Wildman–Crippen LogP) is 5.33. The van der Waals surface area contributed by atoms with Gasteiger partial charge in [0.1, 0.15) is 0 Å². The first-order valence-corrected chi connectivity index (χ1v) is 9.09. The first-order valence-electron chi connectivity index (χ1n) is 8.56. The maximum absolute atomic E-state index is 10.3. The summed E-state index contributed by atoms with van der Waals surface area (Å²) in [5.74, 6) is 0.0124. The SMILES string of the molecule is CC(=CCCN(C)C)C(=O)O.CCCCCCCCCCCl. The fraction of sp³-hybridized carbons (Fsp3) is 0.833. The summed E-state index contributed by atoms with van der Waals surface area (Å²) in [6, 6.07) is 0. The summed E-state index contributed by atoms with van der Waals surface area (Å²) in [4.78, 5) is 12.3. The molecule has 0 aromatic rings. The lowest BCUT2D eigenvalue weighted by molar-refractivity contribution is -0.132. The van der Waals surface area contributed by atoms with Crippen molar-refractivity contribution in [3.8, 4) is 0 Å². The average Bonchev–Trinajstić information content (AvgIpc) is 2.46. The zero-order chi connectivity index (χ0) is 17.2. The standard InChI is InChI=1S/C10H21Cl.C8H15NO2/c1-2-3-4-5-6-7-8-9-10-11;1-7(8(10)11)5-4-6-9(2)3/h2-10H2,1H3;5H,4,6H2,1-3H3,(H,10,11). The highest BCUT2D eigenvalue weighted by Crippen LogP contribution is 2.08. The van der Waals surface area contributed by atoms with Crippen molar-refractivity contribution in [2.75, 3.05) is 26.5 Å². The van der Waals surface area contributed by atoms with Crippen LogP contribution in [0.3, 0.4) is 0 Å². The van der Waals surface area contributed by atoms with Crippen LogP contribution in [0.2, 0.25) is 0 Å². The van der Waals surface area contributed by atoms with Crippen molar-refractivity contribution in [2.45, 2.75) is 71.6 Å². The molecule has 0 unspecified atom stereocenters. The average molecular weight is 334 g/mol. The van der Waals surface area contributed by atoms with Gasteiger partial charge in [-0.1, -0.05) is 57.9 Å². The van der Waals surface area contributed by atoms with E-state index in [9.17, 15) is 4.79 Å². The fourth-order valence-corrected chi connectivity index (χ4v) is 2.04. The number of hydrogen-bond acceptors (Lipinski definition) is 2. The molecule has 3 nitrogen and oxygen atoms in total. The Bertz CT molecular complexity index is 270. The topological polar surface area (TPSA) is 40.5 Å². The van der Waals surface area contributed by atoms with Gasteiger partial charge in [0.15, 0.2) is 0 Å². The van der Waals surface area contributed by atoms with Gasteiger partial charge in [0.2, 0.25) is 0 Å². The van der Waals surface area contributed by atoms with Gasteiger partial charge >= 0.3 is 5.97 Å². The van der Waals surface area contributed by atoms with Crippen LogP contribution in [0, 0.1) is 0 Å². The van der Waals surface area contributed by atoms with Crippen LogP contribution in [0.4, 0.5) is 0 Å². The molecular formula is C18H36ClNO2. The van der Waals surface area contributed by atoms with Gasteiger partial charge in [-0.2, -0.15) is 0 Å². The number of aliphatic carboxylic acids is 1. The highest BCUT2D eigenvalue weighted by Gasteiger charge is 1.97. The Balaban J connectivity index is 0. The van der Waals surface area contributed by atoms with E-state index >= 15 is 0 Å². The Labute approximate surface area is 142 Å². The van der Waals surface area contributed by atoms with Crippen LogP contribution in [0.5, 0.6) is 0 Å². The number of halogens is 1. The molecular weight excluding hydrogens is 298 g/mol. The molecule has 0 bridgehead atoms. The molecule has 0 aromatic heterocycles. The van der Waals surface area contributed by atoms with E-state index in [1.54, 1.807) is 13.0 Å². The van der Waals surface area contributed by atoms with E-state index in [1.807, 2.05) is 19.0 Å². The summed E-state index contributed by atoms with van der Waals surface area (Å²) in [6.07, 6.45) is 13.5. The Morgan fingerprint density at radius 1 is 1.05 bits per heavy atom. The second-order valence-electron chi connectivity index (χ2n) is 5.95. The third kappa shape index (κ3) is 21.8. The lowest BCUT2D eigenvalue weighted by Gasteiger charge is -2.05. The number of nitrogens with zero attached hydrogens (tertiary/aromatic N) is 1. The predicted molar refractivity (Wildman–Crippen MR) is 97.9 cm³/mol. The smallest absolute Gasteiger partial charge is 0.330 e. The number of rotatable bonds is 12. The van der Waals surface area contributed by atoms with Crippen molar-refractivity contribution in [2.24, 2.45) is 0 Å². The van der Waals surface area contributed by atoms with Crippen LogP contribution in [0.1, 0.15) is 71.6 Å². The van der Waals surface area contributed by atoms with Crippen LogP contribution in [0.15, 0.2) is 11.6 Å². The molecule has 132 valence electrons. The molecule has 22 heavy (non-hydrogen) atoms. The molecule has 0 aromatic carbocycles. The monoisotopic (exact) mass is 333 g/mol. The minimum absolute atomic E-state index is 0.423. The molecule has 0 saturated carbocycles. The van der Waals surface area contributed by atoms with Crippen molar-refractivity contribution in [1.29, 1.82) is 0 Å². The fourth-order valence-electron chi connectivity index (χ4n) is 1.85. The number of alkyl halides is 1. The molecule has 4 heteroatoms. The second-order valence-corrected chi connectivity index (χ2v) is 6.33. The lowest BCUT2D eigenvalue weighted by atomic mass is 10.1. The Morgan fingerprint density at radius 3 is 1.95 bits per heavy atom. The first-order chi connectivity index (χ1) is 10.5. The van der Waals surface area contributed by atoms with Gasteiger partial charge in [0, 0.05) is 18.0 Å². The van der Waals surface area contributed by atoms with Gasteiger partial charge in [0.05, 0.1) is 0 Å². The quantitative estimate of drug-likeness (QED) is 0.298. The highest BCUT2D eigenvalue weighted by atomic mass is 35.5. The largest absolute Gasteiger partial charge is 0.478 e. The van der Waals surface area contributed by atoms with E-state index in [-0.39, 0.29) is 0 Å². The van der Waals surface area contributed by atoms with Crippen LogP contribution in [-0.2, 0) is 4.79 Å². The number of unbranched alkanes of at least 4 members (excludes halogenated alkanes) is 7. The summed E-state index contributed by atoms with van der Waals surface area (Å²) in [7, 11) is 3.92. The lowest BCUT2D eigenvalue weighted by Crippen LogP contribution is -2.12. The van der Waals surface area contributed by atoms with Gasteiger partial charge < -0.3 is 10.0 Å². The number of carboxylic acid groups (broad SMARTS) is 1. The zero-order valence-corrected chi connectivity index (χ0v) is 15.8. The van der Waals surface area contributed by atoms with Crippen molar-refractivity contribution < 1.29 is 9.90 Å². The van der Waals surface area contributed by atoms with Crippen molar-refractivity contribution in [3.05, 3.63) is 11.6 Å². The van der Waals surface area contributed by atoms with E-state index in [1.165, 1.54) is 51.4 Å². The minimum atomic E-state index is -0.830. The van der Waals surface area contributed by atoms with Gasteiger partial charge in [-0.25, -0.2) is 4.79 Å². The molecule has 0 atom stereocenters. The van der Waals surface area contributed by atoms with Crippen molar-refractivity contribution >= 4 is 17.6 Å². The van der Waals surface area contributed by atoms with Crippen LogP contribution >= 0.6 is 11.6 Å². The second kappa shape index (κ2) is 18.5. The highest BCUT2D eigenvalue weighted by molar-refractivity contribution is 6.17. The molecule has 0 rings (SSSR count). The third-order valence-corrected chi connectivity index (χ3v) is 3.62. The maximum Gasteiger partial charge on any atom is 0.330 e. The molecule has 0 radical (unpaired) electrons. The summed E-state index contributed by atoms with van der Waals surface area (Å²) in [6.45, 7) is 4.76. The first kappa shape index (κ1) is 23.7. The van der Waals surface area contributed by atoms with Crippen LogP contribution < -0.4 is 0 Å². The van der Waals surface area contributed by atoms with E-state index < -0.39 is 5.97 Å². The van der Waals surface area contributed by atoms with Gasteiger partial charge in [-0.15, -0.1) is 11.6 Å². The van der Waals surface area contributed by atoms with Crippen molar-refractivity contribution in [1.82, 2.24) is 4.90 Å². The molecule has 0 amide bonds. The summed E-state index contributed by atoms with van der Waals surface area (Å²) in [5.41, 5.74) is 0.423. The molecule has 0 aliphatic heterocycles.